The molecule has 33 heavy (non-hydrogen) atoms. The van der Waals surface area contributed by atoms with Gasteiger partial charge in [0.15, 0.2) is 0 Å². The number of nitrogens with one attached hydrogen (secondary N) is 1. The van der Waals surface area contributed by atoms with E-state index in [2.05, 4.69) is 36.4 Å². The highest BCUT2D eigenvalue weighted by Crippen LogP contribution is 2.41. The number of halogens is 1. The van der Waals surface area contributed by atoms with Gasteiger partial charge < -0.3 is 0 Å². The van der Waals surface area contributed by atoms with Gasteiger partial charge in [0.25, 0.3) is 5.91 Å². The van der Waals surface area contributed by atoms with Crippen molar-refractivity contribution >= 4 is 40.7 Å². The summed E-state index contributed by atoms with van der Waals surface area (Å²) in [5.41, 5.74) is 7.42. The number of carbonyl (C=O) groups excluding carboxylic acids is 1. The summed E-state index contributed by atoms with van der Waals surface area (Å²) >= 11 is 7.97. The van der Waals surface area contributed by atoms with Crippen LogP contribution in [-0.4, -0.2) is 28.7 Å². The first-order chi connectivity index (χ1) is 16.0. The van der Waals surface area contributed by atoms with Crippen LogP contribution in [0.25, 0.3) is 0 Å². The highest BCUT2D eigenvalue weighted by Gasteiger charge is 2.27. The Morgan fingerprint density at radius 3 is 2.58 bits per heavy atom. The summed E-state index contributed by atoms with van der Waals surface area (Å²) in [5, 5.41) is 2.77. The van der Waals surface area contributed by atoms with E-state index in [-0.39, 0.29) is 5.91 Å². The first-order valence-corrected chi connectivity index (χ1v) is 12.5. The van der Waals surface area contributed by atoms with Gasteiger partial charge in [-0.1, -0.05) is 60.1 Å². The highest BCUT2D eigenvalue weighted by atomic mass is 35.5. The lowest BCUT2D eigenvalue weighted by Crippen LogP contribution is -2.54. The molecule has 3 aromatic rings. The number of rotatable bonds is 3. The van der Waals surface area contributed by atoms with Crippen molar-refractivity contribution in [2.45, 2.75) is 55.0 Å². The minimum absolute atomic E-state index is 0.0929. The van der Waals surface area contributed by atoms with Gasteiger partial charge in [-0.3, -0.25) is 10.2 Å². The molecule has 0 aliphatic carbocycles. The number of amides is 1. The molecule has 2 heterocycles. The van der Waals surface area contributed by atoms with Crippen LogP contribution in [0.4, 0.5) is 5.69 Å². The Labute approximate surface area is 204 Å². The van der Waals surface area contributed by atoms with Crippen LogP contribution in [-0.2, 0) is 0 Å². The fourth-order valence-corrected chi connectivity index (χ4v) is 5.76. The lowest BCUT2D eigenvalue weighted by molar-refractivity contribution is 0.0370. The summed E-state index contributed by atoms with van der Waals surface area (Å²) < 4.78 is 0. The molecule has 0 saturated carbocycles. The molecule has 2 atom stereocenters. The zero-order chi connectivity index (χ0) is 22.9. The van der Waals surface area contributed by atoms with Crippen molar-refractivity contribution in [3.63, 3.8) is 0 Å². The van der Waals surface area contributed by atoms with E-state index >= 15 is 0 Å². The monoisotopic (exact) mass is 475 g/mol. The predicted molar refractivity (Wildman–Crippen MR) is 136 cm³/mol. The molecule has 2 aliphatic rings. The van der Waals surface area contributed by atoms with Crippen molar-refractivity contribution in [1.82, 2.24) is 10.4 Å². The average molecular weight is 476 g/mol. The van der Waals surface area contributed by atoms with Crippen LogP contribution < -0.4 is 5.43 Å². The molecular formula is C27H26ClN3OS. The van der Waals surface area contributed by atoms with Gasteiger partial charge in [0.1, 0.15) is 0 Å². The lowest BCUT2D eigenvalue weighted by atomic mass is 10.00. The maximum Gasteiger partial charge on any atom is 0.265 e. The molecule has 1 amide bonds. The molecule has 0 aromatic heterocycles. The Kier molecular flexibility index (Phi) is 6.28. The average Bonchev–Trinajstić information content (AvgIpc) is 2.97. The number of hydrazine groups is 1. The molecule has 0 spiro atoms. The zero-order valence-electron chi connectivity index (χ0n) is 18.7. The van der Waals surface area contributed by atoms with E-state index in [1.165, 1.54) is 6.42 Å². The third-order valence-electron chi connectivity index (χ3n) is 6.34. The number of piperidine rings is 1. The van der Waals surface area contributed by atoms with Crippen molar-refractivity contribution in [3.8, 4) is 0 Å². The normalized spacial score (nSPS) is 20.3. The van der Waals surface area contributed by atoms with E-state index in [4.69, 9.17) is 16.6 Å². The van der Waals surface area contributed by atoms with E-state index in [1.807, 2.05) is 54.6 Å². The minimum atomic E-state index is -0.0929. The Bertz CT molecular complexity index is 1230. The molecule has 1 N–H and O–H groups in total. The number of carbonyl (C=O) groups is 1. The third-order valence-corrected chi connectivity index (χ3v) is 7.71. The third kappa shape index (κ3) is 4.58. The quantitative estimate of drug-likeness (QED) is 0.351. The molecule has 6 heteroatoms. The predicted octanol–water partition coefficient (Wildman–Crippen LogP) is 6.88. The Hall–Kier alpha value is -2.60. The molecule has 168 valence electrons. The fourth-order valence-electron chi connectivity index (χ4n) is 4.56. The SMILES string of the molecule is C[C@@H]1CCC[C@H](C)N1NC(=O)c1ccc2c(c1)N=C(c1cccc(Cl)c1)c1ccccc1S2. The van der Waals surface area contributed by atoms with Gasteiger partial charge >= 0.3 is 0 Å². The Balaban J connectivity index is 1.53. The summed E-state index contributed by atoms with van der Waals surface area (Å²) in [4.78, 5) is 20.4. The van der Waals surface area contributed by atoms with E-state index in [9.17, 15) is 4.79 Å². The fraction of sp³-hybridized carbons (Fsp3) is 0.259. The van der Waals surface area contributed by atoms with Gasteiger partial charge in [0.05, 0.1) is 11.4 Å². The van der Waals surface area contributed by atoms with E-state index < -0.39 is 0 Å². The summed E-state index contributed by atoms with van der Waals surface area (Å²) in [5.74, 6) is -0.0929. The van der Waals surface area contributed by atoms with Crippen molar-refractivity contribution in [1.29, 1.82) is 0 Å². The summed E-state index contributed by atoms with van der Waals surface area (Å²) in [6.07, 6.45) is 3.39. The molecule has 2 aliphatic heterocycles. The van der Waals surface area contributed by atoms with Crippen LogP contribution in [0.5, 0.6) is 0 Å². The van der Waals surface area contributed by atoms with Gasteiger partial charge in [-0.05, 0) is 63.1 Å². The van der Waals surface area contributed by atoms with Crippen LogP contribution in [0, 0.1) is 0 Å². The summed E-state index contributed by atoms with van der Waals surface area (Å²) in [7, 11) is 0. The van der Waals surface area contributed by atoms with E-state index in [0.29, 0.717) is 22.7 Å². The van der Waals surface area contributed by atoms with Gasteiger partial charge in [-0.15, -0.1) is 0 Å². The second-order valence-corrected chi connectivity index (χ2v) is 10.2. The van der Waals surface area contributed by atoms with Crippen molar-refractivity contribution < 1.29 is 4.79 Å². The van der Waals surface area contributed by atoms with Crippen LogP contribution in [0.15, 0.2) is 81.5 Å². The maximum atomic E-state index is 13.2. The van der Waals surface area contributed by atoms with Gasteiger partial charge in [0, 0.05) is 43.6 Å². The Morgan fingerprint density at radius 2 is 1.79 bits per heavy atom. The molecule has 0 bridgehead atoms. The van der Waals surface area contributed by atoms with Crippen LogP contribution in [0.1, 0.15) is 54.6 Å². The molecular weight excluding hydrogens is 450 g/mol. The van der Waals surface area contributed by atoms with Crippen molar-refractivity contribution in [3.05, 3.63) is 88.4 Å². The number of nitrogens with zero attached hydrogens (tertiary/aromatic N) is 2. The first kappa shape index (κ1) is 22.2. The van der Waals surface area contributed by atoms with Crippen LogP contribution >= 0.6 is 23.4 Å². The topological polar surface area (TPSA) is 44.7 Å². The van der Waals surface area contributed by atoms with Crippen molar-refractivity contribution in [2.75, 3.05) is 0 Å². The number of aliphatic imine (C=N–C) groups is 1. The van der Waals surface area contributed by atoms with Crippen molar-refractivity contribution in [2.24, 2.45) is 4.99 Å². The highest BCUT2D eigenvalue weighted by molar-refractivity contribution is 7.99. The number of benzene rings is 3. The minimum Gasteiger partial charge on any atom is -0.284 e. The summed E-state index contributed by atoms with van der Waals surface area (Å²) in [6, 6.07) is 22.5. The van der Waals surface area contributed by atoms with Gasteiger partial charge in [-0.2, -0.15) is 0 Å². The molecule has 4 nitrogen and oxygen atoms in total. The molecule has 0 unspecified atom stereocenters. The molecule has 0 radical (unpaired) electrons. The van der Waals surface area contributed by atoms with E-state index in [0.717, 1.165) is 45.2 Å². The molecule has 1 saturated heterocycles. The molecule has 5 rings (SSSR count). The van der Waals surface area contributed by atoms with Gasteiger partial charge in [-0.25, -0.2) is 10.0 Å². The largest absolute Gasteiger partial charge is 0.284 e. The van der Waals surface area contributed by atoms with Crippen LogP contribution in [0.2, 0.25) is 5.02 Å². The second kappa shape index (κ2) is 9.34. The van der Waals surface area contributed by atoms with E-state index in [1.54, 1.807) is 11.8 Å². The van der Waals surface area contributed by atoms with Gasteiger partial charge in [0.2, 0.25) is 0 Å². The zero-order valence-corrected chi connectivity index (χ0v) is 20.3. The van der Waals surface area contributed by atoms with Crippen LogP contribution in [0.3, 0.4) is 0 Å². The second-order valence-electron chi connectivity index (χ2n) is 8.73. The molecule has 3 aromatic carbocycles. The lowest BCUT2D eigenvalue weighted by Gasteiger charge is -2.38. The molecule has 1 fully saturated rings. The number of hydrogen-bond acceptors (Lipinski definition) is 4. The first-order valence-electron chi connectivity index (χ1n) is 11.3. The Morgan fingerprint density at radius 1 is 1.00 bits per heavy atom. The smallest absolute Gasteiger partial charge is 0.265 e. The maximum absolute atomic E-state index is 13.2. The number of fused-ring (bicyclic) bond motifs is 2. The summed E-state index contributed by atoms with van der Waals surface area (Å²) in [6.45, 7) is 4.34. The number of hydrogen-bond donors (Lipinski definition) is 1. The standard InChI is InChI=1S/C27H26ClN3OS/c1-17-7-5-8-18(2)31(17)30-27(32)20-13-14-25-23(16-20)29-26(19-9-6-10-21(28)15-19)22-11-3-4-12-24(22)33-25/h3-4,6,9-18H,5,7-8H2,1-2H3,(H,30,32)/t17-,18+.